The molecule has 0 unspecified atom stereocenters. The number of unbranched alkanes of at least 4 members (excludes halogenated alkanes) is 9. The van der Waals surface area contributed by atoms with E-state index in [2.05, 4.69) is 39.6 Å². The highest BCUT2D eigenvalue weighted by molar-refractivity contribution is 4.59. The Morgan fingerprint density at radius 2 is 0.741 bits per heavy atom. The predicted octanol–water partition coefficient (Wildman–Crippen LogP) is 7.28. The van der Waals surface area contributed by atoms with Gasteiger partial charge < -0.3 is 9.38 Å². The minimum absolute atomic E-state index is 1.33. The molecule has 0 amide bonds. The normalized spacial score (nSPS) is 12.2. The molecule has 0 aliphatic carbocycles. The monoisotopic (exact) mass is 383 g/mol. The Kier molecular flexibility index (Phi) is 19.2. The maximum Gasteiger partial charge on any atom is 0.0785 e. The van der Waals surface area contributed by atoms with Gasteiger partial charge in [0.2, 0.25) is 0 Å². The van der Waals surface area contributed by atoms with Crippen LogP contribution in [0.1, 0.15) is 118 Å². The van der Waals surface area contributed by atoms with E-state index in [0.29, 0.717) is 0 Å². The molecule has 0 heterocycles. The van der Waals surface area contributed by atoms with Gasteiger partial charge in [0.15, 0.2) is 0 Å². The molecule has 0 radical (unpaired) electrons. The molecular weight excluding hydrogens is 328 g/mol. The van der Waals surface area contributed by atoms with E-state index in [4.69, 9.17) is 0 Å². The second kappa shape index (κ2) is 19.2. The lowest BCUT2D eigenvalue weighted by atomic mass is 10.1. The second-order valence-electron chi connectivity index (χ2n) is 9.17. The highest BCUT2D eigenvalue weighted by Gasteiger charge is 2.20. The number of quaternary nitrogens is 1. The van der Waals surface area contributed by atoms with Gasteiger partial charge in [-0.05, 0) is 71.0 Å². The van der Waals surface area contributed by atoms with E-state index in [0.717, 1.165) is 0 Å². The van der Waals surface area contributed by atoms with E-state index in [1.54, 1.807) is 0 Å². The van der Waals surface area contributed by atoms with Crippen LogP contribution in [0.25, 0.3) is 0 Å². The van der Waals surface area contributed by atoms with Crippen LogP contribution < -0.4 is 0 Å². The Balaban J connectivity index is 4.26. The third-order valence-corrected chi connectivity index (χ3v) is 6.18. The molecule has 0 spiro atoms. The molecule has 0 aliphatic heterocycles. The molecule has 0 bridgehead atoms. The van der Waals surface area contributed by atoms with E-state index >= 15 is 0 Å². The Morgan fingerprint density at radius 1 is 0.444 bits per heavy atom. The smallest absolute Gasteiger partial charge is 0.0785 e. The molecule has 164 valence electrons. The first kappa shape index (κ1) is 26.9. The first-order chi connectivity index (χ1) is 13.1. The van der Waals surface area contributed by atoms with Gasteiger partial charge in [-0.2, -0.15) is 0 Å². The SMILES string of the molecule is CCCCCN(CCCCC)CCCC[N+](C)(CCCCC)CCCCC. The molecule has 0 aromatic heterocycles. The van der Waals surface area contributed by atoms with Crippen molar-refractivity contribution in [2.75, 3.05) is 46.3 Å². The van der Waals surface area contributed by atoms with Crippen LogP contribution in [-0.4, -0.2) is 55.7 Å². The number of nitrogens with zero attached hydrogens (tertiary/aromatic N) is 2. The Labute approximate surface area is 173 Å². The van der Waals surface area contributed by atoms with Gasteiger partial charge in [0.25, 0.3) is 0 Å². The van der Waals surface area contributed by atoms with Crippen molar-refractivity contribution in [3.8, 4) is 0 Å². The summed E-state index contributed by atoms with van der Waals surface area (Å²) in [6.07, 6.45) is 19.4. The predicted molar refractivity (Wildman–Crippen MR) is 125 cm³/mol. The van der Waals surface area contributed by atoms with Crippen LogP contribution in [0, 0.1) is 0 Å². The zero-order valence-electron chi connectivity index (χ0n) is 20.0. The summed E-state index contributed by atoms with van der Waals surface area (Å²) in [6, 6.07) is 0. The topological polar surface area (TPSA) is 3.24 Å². The molecule has 0 N–H and O–H groups in total. The van der Waals surface area contributed by atoms with Crippen LogP contribution in [0.5, 0.6) is 0 Å². The van der Waals surface area contributed by atoms with Crippen molar-refractivity contribution in [2.24, 2.45) is 0 Å². The van der Waals surface area contributed by atoms with Crippen molar-refractivity contribution >= 4 is 0 Å². The molecule has 2 heteroatoms. The van der Waals surface area contributed by atoms with Crippen molar-refractivity contribution < 1.29 is 4.48 Å². The molecule has 0 rings (SSSR count). The van der Waals surface area contributed by atoms with Gasteiger partial charge in [0, 0.05) is 0 Å². The molecule has 0 saturated heterocycles. The summed E-state index contributed by atoms with van der Waals surface area (Å²) >= 11 is 0. The summed E-state index contributed by atoms with van der Waals surface area (Å²) in [5.41, 5.74) is 0. The summed E-state index contributed by atoms with van der Waals surface area (Å²) in [7, 11) is 2.53. The minimum atomic E-state index is 1.33. The number of rotatable bonds is 21. The Hall–Kier alpha value is -0.0800. The van der Waals surface area contributed by atoms with Gasteiger partial charge in [-0.15, -0.1) is 0 Å². The molecule has 2 nitrogen and oxygen atoms in total. The Morgan fingerprint density at radius 3 is 1.11 bits per heavy atom. The lowest BCUT2D eigenvalue weighted by Crippen LogP contribution is -2.46. The standard InChI is InChI=1S/C25H55N2/c1-6-10-14-20-26(21-15-11-7-2)22-16-19-25-27(5,23-17-12-8-3)24-18-13-9-4/h6-25H2,1-5H3/q+1. The quantitative estimate of drug-likeness (QED) is 0.149. The fourth-order valence-corrected chi connectivity index (χ4v) is 4.16. The van der Waals surface area contributed by atoms with E-state index in [1.807, 2.05) is 0 Å². The maximum atomic E-state index is 2.77. The van der Waals surface area contributed by atoms with Gasteiger partial charge >= 0.3 is 0 Å². The number of hydrogen-bond donors (Lipinski definition) is 0. The Bertz CT molecular complexity index is 270. The maximum absolute atomic E-state index is 2.77. The fourth-order valence-electron chi connectivity index (χ4n) is 4.16. The third kappa shape index (κ3) is 16.6. The van der Waals surface area contributed by atoms with Gasteiger partial charge in [0.05, 0.1) is 26.7 Å². The first-order valence-electron chi connectivity index (χ1n) is 12.7. The van der Waals surface area contributed by atoms with Gasteiger partial charge in [-0.1, -0.05) is 66.2 Å². The zero-order valence-corrected chi connectivity index (χ0v) is 20.0. The van der Waals surface area contributed by atoms with Crippen LogP contribution in [0.4, 0.5) is 0 Å². The molecule has 0 saturated carbocycles. The van der Waals surface area contributed by atoms with E-state index in [9.17, 15) is 0 Å². The molecule has 0 aliphatic rings. The van der Waals surface area contributed by atoms with Crippen LogP contribution in [0.2, 0.25) is 0 Å². The summed E-state index contributed by atoms with van der Waals surface area (Å²) in [5.74, 6) is 0. The van der Waals surface area contributed by atoms with Crippen LogP contribution in [-0.2, 0) is 0 Å². The average Bonchev–Trinajstić information content (AvgIpc) is 2.65. The first-order valence-corrected chi connectivity index (χ1v) is 12.7. The van der Waals surface area contributed by atoms with Crippen molar-refractivity contribution in [3.63, 3.8) is 0 Å². The van der Waals surface area contributed by atoms with Gasteiger partial charge in [-0.3, -0.25) is 0 Å². The van der Waals surface area contributed by atoms with Crippen molar-refractivity contribution in [1.82, 2.24) is 4.90 Å². The summed E-state index contributed by atoms with van der Waals surface area (Å²) < 4.78 is 1.33. The molecule has 0 aromatic rings. The number of hydrogen-bond acceptors (Lipinski definition) is 1. The molecular formula is C25H55N2+. The van der Waals surface area contributed by atoms with E-state index in [1.165, 1.54) is 134 Å². The van der Waals surface area contributed by atoms with Crippen molar-refractivity contribution in [1.29, 1.82) is 0 Å². The van der Waals surface area contributed by atoms with Gasteiger partial charge in [-0.25, -0.2) is 0 Å². The van der Waals surface area contributed by atoms with E-state index in [-0.39, 0.29) is 0 Å². The van der Waals surface area contributed by atoms with Crippen molar-refractivity contribution in [3.05, 3.63) is 0 Å². The summed E-state index contributed by atoms with van der Waals surface area (Å²) in [5, 5.41) is 0. The highest BCUT2D eigenvalue weighted by atomic mass is 15.3. The van der Waals surface area contributed by atoms with Crippen LogP contribution in [0.3, 0.4) is 0 Å². The molecule has 0 fully saturated rings. The molecule has 27 heavy (non-hydrogen) atoms. The fraction of sp³-hybridized carbons (Fsp3) is 1.00. The zero-order chi connectivity index (χ0) is 20.2. The summed E-state index contributed by atoms with van der Waals surface area (Å²) in [4.78, 5) is 2.77. The average molecular weight is 384 g/mol. The van der Waals surface area contributed by atoms with Crippen molar-refractivity contribution in [2.45, 2.75) is 118 Å². The second-order valence-corrected chi connectivity index (χ2v) is 9.17. The molecule has 0 atom stereocenters. The van der Waals surface area contributed by atoms with Gasteiger partial charge in [0.1, 0.15) is 0 Å². The lowest BCUT2D eigenvalue weighted by molar-refractivity contribution is -0.910. The summed E-state index contributed by atoms with van der Waals surface area (Å²) in [6.45, 7) is 17.5. The lowest BCUT2D eigenvalue weighted by Gasteiger charge is -2.35. The highest BCUT2D eigenvalue weighted by Crippen LogP contribution is 2.13. The third-order valence-electron chi connectivity index (χ3n) is 6.18. The van der Waals surface area contributed by atoms with Crippen LogP contribution in [0.15, 0.2) is 0 Å². The van der Waals surface area contributed by atoms with Crippen LogP contribution >= 0.6 is 0 Å². The largest absolute Gasteiger partial charge is 0.326 e. The molecule has 0 aromatic carbocycles. The minimum Gasteiger partial charge on any atom is -0.326 e. The van der Waals surface area contributed by atoms with E-state index < -0.39 is 0 Å².